The second-order valence-corrected chi connectivity index (χ2v) is 8.71. The van der Waals surface area contributed by atoms with Gasteiger partial charge in [0.05, 0.1) is 12.2 Å². The van der Waals surface area contributed by atoms with E-state index in [2.05, 4.69) is 10.6 Å². The summed E-state index contributed by atoms with van der Waals surface area (Å²) in [6.45, 7) is 3.70. The molecule has 3 rings (SSSR count). The largest absolute Gasteiger partial charge is 0.494 e. The standard InChI is InChI=1S/C24H32N2O4S/c1-3-30-19-11-6-4-9-17(19)13-14-21(27)26-24-22(23(28)25-15-8-16-29-2)18-10-5-7-12-20(18)31-24/h4,6,9,11H,3,5,7-8,10,12-16H2,1-2H3,(H,25,28)(H,26,27). The zero-order valence-electron chi connectivity index (χ0n) is 18.4. The minimum atomic E-state index is -0.104. The number of hydrogen-bond acceptors (Lipinski definition) is 5. The molecule has 0 radical (unpaired) electrons. The van der Waals surface area contributed by atoms with Crippen molar-refractivity contribution < 1.29 is 19.1 Å². The van der Waals surface area contributed by atoms with Gasteiger partial charge in [0.1, 0.15) is 10.8 Å². The molecular formula is C24H32N2O4S. The molecule has 1 heterocycles. The third-order valence-corrected chi connectivity index (χ3v) is 6.56. The Hall–Kier alpha value is -2.38. The van der Waals surface area contributed by atoms with Crippen LogP contribution in [0.4, 0.5) is 5.00 Å². The number of methoxy groups -OCH3 is 1. The van der Waals surface area contributed by atoms with Gasteiger partial charge in [-0.3, -0.25) is 9.59 Å². The molecule has 31 heavy (non-hydrogen) atoms. The van der Waals surface area contributed by atoms with Gasteiger partial charge in [0.2, 0.25) is 5.91 Å². The van der Waals surface area contributed by atoms with Gasteiger partial charge in [-0.05, 0) is 62.6 Å². The lowest BCUT2D eigenvalue weighted by molar-refractivity contribution is -0.116. The molecule has 2 amide bonds. The van der Waals surface area contributed by atoms with Crippen molar-refractivity contribution in [1.29, 1.82) is 0 Å². The first-order chi connectivity index (χ1) is 15.1. The van der Waals surface area contributed by atoms with Gasteiger partial charge in [0.25, 0.3) is 5.91 Å². The minimum absolute atomic E-state index is 0.0849. The lowest BCUT2D eigenvalue weighted by atomic mass is 9.95. The maximum absolute atomic E-state index is 12.9. The molecule has 6 nitrogen and oxygen atoms in total. The number of benzene rings is 1. The fourth-order valence-electron chi connectivity index (χ4n) is 3.84. The molecule has 0 spiro atoms. The van der Waals surface area contributed by atoms with E-state index >= 15 is 0 Å². The molecule has 2 aromatic rings. The lowest BCUT2D eigenvalue weighted by Gasteiger charge is -2.13. The van der Waals surface area contributed by atoms with Crippen LogP contribution in [0.1, 0.15) is 59.0 Å². The van der Waals surface area contributed by atoms with Crippen molar-refractivity contribution in [3.8, 4) is 5.75 Å². The number of rotatable bonds is 11. The van der Waals surface area contributed by atoms with Crippen molar-refractivity contribution in [1.82, 2.24) is 5.32 Å². The molecule has 0 aliphatic heterocycles. The summed E-state index contributed by atoms with van der Waals surface area (Å²) in [7, 11) is 1.65. The highest BCUT2D eigenvalue weighted by Gasteiger charge is 2.26. The number of anilines is 1. The number of ether oxygens (including phenoxy) is 2. The molecule has 1 aliphatic rings. The molecule has 7 heteroatoms. The summed E-state index contributed by atoms with van der Waals surface area (Å²) in [6.07, 6.45) is 5.76. The molecule has 0 bridgehead atoms. The number of para-hydroxylation sites is 1. The number of amides is 2. The van der Waals surface area contributed by atoms with E-state index in [4.69, 9.17) is 9.47 Å². The lowest BCUT2D eigenvalue weighted by Crippen LogP contribution is -2.27. The van der Waals surface area contributed by atoms with E-state index in [1.54, 1.807) is 18.4 Å². The average molecular weight is 445 g/mol. The predicted molar refractivity (Wildman–Crippen MR) is 124 cm³/mol. The first-order valence-electron chi connectivity index (χ1n) is 11.1. The second-order valence-electron chi connectivity index (χ2n) is 7.61. The Balaban J connectivity index is 1.68. The summed E-state index contributed by atoms with van der Waals surface area (Å²) in [5.41, 5.74) is 2.78. The normalized spacial score (nSPS) is 12.8. The van der Waals surface area contributed by atoms with Crippen LogP contribution >= 0.6 is 11.3 Å². The second kappa shape index (κ2) is 11.9. The fraction of sp³-hybridized carbons (Fsp3) is 0.500. The highest BCUT2D eigenvalue weighted by atomic mass is 32.1. The van der Waals surface area contributed by atoms with Crippen LogP contribution in [0.3, 0.4) is 0 Å². The minimum Gasteiger partial charge on any atom is -0.494 e. The molecule has 0 fully saturated rings. The molecule has 0 saturated heterocycles. The van der Waals surface area contributed by atoms with Gasteiger partial charge in [-0.25, -0.2) is 0 Å². The first kappa shape index (κ1) is 23.3. The van der Waals surface area contributed by atoms with Gasteiger partial charge in [0, 0.05) is 31.6 Å². The summed E-state index contributed by atoms with van der Waals surface area (Å²) in [5.74, 6) is 0.631. The van der Waals surface area contributed by atoms with Gasteiger partial charge >= 0.3 is 0 Å². The van der Waals surface area contributed by atoms with Crippen LogP contribution in [0.5, 0.6) is 5.75 Å². The number of aryl methyl sites for hydroxylation is 2. The zero-order valence-corrected chi connectivity index (χ0v) is 19.2. The quantitative estimate of drug-likeness (QED) is 0.505. The van der Waals surface area contributed by atoms with Crippen LogP contribution in [0, 0.1) is 0 Å². The van der Waals surface area contributed by atoms with E-state index in [1.807, 2.05) is 31.2 Å². The van der Waals surface area contributed by atoms with Gasteiger partial charge in [0.15, 0.2) is 0 Å². The van der Waals surface area contributed by atoms with Gasteiger partial charge < -0.3 is 20.1 Å². The molecule has 168 valence electrons. The van der Waals surface area contributed by atoms with Crippen LogP contribution in [-0.4, -0.2) is 38.7 Å². The number of carbonyl (C=O) groups excluding carboxylic acids is 2. The average Bonchev–Trinajstić information content (AvgIpc) is 3.14. The molecule has 1 aromatic carbocycles. The molecule has 0 atom stereocenters. The van der Waals surface area contributed by atoms with Gasteiger partial charge in [-0.2, -0.15) is 0 Å². The van der Waals surface area contributed by atoms with Crippen molar-refractivity contribution in [2.24, 2.45) is 0 Å². The number of thiophene rings is 1. The maximum Gasteiger partial charge on any atom is 0.254 e. The van der Waals surface area contributed by atoms with E-state index < -0.39 is 0 Å². The summed E-state index contributed by atoms with van der Waals surface area (Å²) >= 11 is 1.55. The molecule has 0 saturated carbocycles. The third kappa shape index (κ3) is 6.31. The SMILES string of the molecule is CCOc1ccccc1CCC(=O)Nc1sc2c(c1C(=O)NCCCOC)CCCC2. The van der Waals surface area contributed by atoms with Crippen LogP contribution in [0.25, 0.3) is 0 Å². The number of carbonyl (C=O) groups is 2. The van der Waals surface area contributed by atoms with Crippen molar-refractivity contribution in [3.05, 3.63) is 45.8 Å². The van der Waals surface area contributed by atoms with E-state index in [0.29, 0.717) is 43.2 Å². The Kier molecular flexibility index (Phi) is 8.91. The highest BCUT2D eigenvalue weighted by Crippen LogP contribution is 2.38. The predicted octanol–water partition coefficient (Wildman–Crippen LogP) is 4.36. The van der Waals surface area contributed by atoms with Crippen LogP contribution in [0.2, 0.25) is 0 Å². The Bertz CT molecular complexity index is 894. The summed E-state index contributed by atoms with van der Waals surface area (Å²) in [6, 6.07) is 7.80. The van der Waals surface area contributed by atoms with E-state index in [0.717, 1.165) is 49.0 Å². The third-order valence-electron chi connectivity index (χ3n) is 5.36. The van der Waals surface area contributed by atoms with Crippen LogP contribution in [0.15, 0.2) is 24.3 Å². The van der Waals surface area contributed by atoms with Gasteiger partial charge in [-0.15, -0.1) is 11.3 Å². The van der Waals surface area contributed by atoms with E-state index in [-0.39, 0.29) is 11.8 Å². The summed E-state index contributed by atoms with van der Waals surface area (Å²) < 4.78 is 10.7. The maximum atomic E-state index is 12.9. The zero-order chi connectivity index (χ0) is 22.1. The molecule has 0 unspecified atom stereocenters. The van der Waals surface area contributed by atoms with Gasteiger partial charge in [-0.1, -0.05) is 18.2 Å². The Morgan fingerprint density at radius 1 is 1.16 bits per heavy atom. The number of nitrogens with one attached hydrogen (secondary N) is 2. The molecule has 1 aliphatic carbocycles. The highest BCUT2D eigenvalue weighted by molar-refractivity contribution is 7.17. The van der Waals surface area contributed by atoms with Crippen molar-refractivity contribution in [2.45, 2.75) is 51.9 Å². The Morgan fingerprint density at radius 3 is 2.77 bits per heavy atom. The Morgan fingerprint density at radius 2 is 1.97 bits per heavy atom. The van der Waals surface area contributed by atoms with E-state index in [1.165, 1.54) is 4.88 Å². The summed E-state index contributed by atoms with van der Waals surface area (Å²) in [5, 5.41) is 6.69. The monoisotopic (exact) mass is 444 g/mol. The molecular weight excluding hydrogens is 412 g/mol. The topological polar surface area (TPSA) is 76.7 Å². The van der Waals surface area contributed by atoms with E-state index in [9.17, 15) is 9.59 Å². The number of fused-ring (bicyclic) bond motifs is 1. The summed E-state index contributed by atoms with van der Waals surface area (Å²) in [4.78, 5) is 26.9. The van der Waals surface area contributed by atoms with Crippen molar-refractivity contribution >= 4 is 28.2 Å². The van der Waals surface area contributed by atoms with Crippen molar-refractivity contribution in [2.75, 3.05) is 32.2 Å². The Labute approximate surface area is 188 Å². The number of hydrogen-bond donors (Lipinski definition) is 2. The van der Waals surface area contributed by atoms with Crippen molar-refractivity contribution in [3.63, 3.8) is 0 Å². The van der Waals surface area contributed by atoms with Crippen LogP contribution < -0.4 is 15.4 Å². The smallest absolute Gasteiger partial charge is 0.254 e. The first-order valence-corrected chi connectivity index (χ1v) is 11.9. The van der Waals surface area contributed by atoms with Crippen LogP contribution in [-0.2, 0) is 28.8 Å². The molecule has 1 aromatic heterocycles. The molecule has 2 N–H and O–H groups in total. The fourth-order valence-corrected chi connectivity index (χ4v) is 5.15.